The van der Waals surface area contributed by atoms with Crippen LogP contribution in [0.1, 0.15) is 21.6 Å². The van der Waals surface area contributed by atoms with E-state index in [1.54, 1.807) is 13.0 Å². The molecule has 0 aliphatic carbocycles. The first-order valence-corrected chi connectivity index (χ1v) is 9.85. The molecule has 0 atom stereocenters. The summed E-state index contributed by atoms with van der Waals surface area (Å²) >= 11 is 0. The molecule has 1 aromatic heterocycles. The number of hydrogen-bond donors (Lipinski definition) is 1. The number of sulfonamides is 1. The van der Waals surface area contributed by atoms with Gasteiger partial charge in [0.1, 0.15) is 0 Å². The van der Waals surface area contributed by atoms with Crippen molar-refractivity contribution in [1.82, 2.24) is 9.97 Å². The zero-order valence-electron chi connectivity index (χ0n) is 15.4. The highest BCUT2D eigenvalue weighted by Gasteiger charge is 2.30. The molecule has 0 radical (unpaired) electrons. The summed E-state index contributed by atoms with van der Waals surface area (Å²) in [6.07, 6.45) is -3.19. The molecule has 1 N–H and O–H groups in total. The van der Waals surface area contributed by atoms with E-state index >= 15 is 0 Å². The average Bonchev–Trinajstić information content (AvgIpc) is 2.67. The van der Waals surface area contributed by atoms with Crippen molar-refractivity contribution in [2.24, 2.45) is 0 Å². The Morgan fingerprint density at radius 2 is 1.77 bits per heavy atom. The molecule has 156 valence electrons. The van der Waals surface area contributed by atoms with Gasteiger partial charge < -0.3 is 15.3 Å². The maximum atomic E-state index is 12.8. The van der Waals surface area contributed by atoms with E-state index < -0.39 is 27.7 Å². The van der Waals surface area contributed by atoms with Gasteiger partial charge in [0.15, 0.2) is 0 Å². The number of alkyl halides is 3. The van der Waals surface area contributed by atoms with Crippen LogP contribution in [-0.2, 0) is 16.2 Å². The lowest BCUT2D eigenvalue weighted by Gasteiger charge is -2.14. The molecule has 11 heteroatoms. The fraction of sp³-hybridized carbons (Fsp3) is 0.105. The predicted octanol–water partition coefficient (Wildman–Crippen LogP) is 4.45. The van der Waals surface area contributed by atoms with Gasteiger partial charge in [0.25, 0.3) is 5.91 Å². The number of aromatic nitrogens is 2. The number of carbonyl (C=O) groups is 1. The molecule has 0 aliphatic heterocycles. The maximum absolute atomic E-state index is 12.8. The van der Waals surface area contributed by atoms with Gasteiger partial charge in [-0.3, -0.25) is 9.52 Å². The Bertz CT molecular complexity index is 1180. The summed E-state index contributed by atoms with van der Waals surface area (Å²) in [5.74, 6) is -0.980. The topological polar surface area (TPSA) is 103 Å². The Balaban J connectivity index is 1.73. The molecule has 0 fully saturated rings. The normalized spacial score (nSPS) is 11.7. The number of anilines is 1. The van der Waals surface area contributed by atoms with E-state index in [1.165, 1.54) is 36.5 Å². The molecule has 1 amide bonds. The fourth-order valence-corrected chi connectivity index (χ4v) is 3.28. The summed E-state index contributed by atoms with van der Waals surface area (Å²) < 4.78 is 66.6. The summed E-state index contributed by atoms with van der Waals surface area (Å²) in [6, 6.07) is 10.6. The second-order valence-corrected chi connectivity index (χ2v) is 7.73. The zero-order valence-corrected chi connectivity index (χ0v) is 16.2. The van der Waals surface area contributed by atoms with Crippen molar-refractivity contribution in [2.75, 3.05) is 5.32 Å². The Hall–Kier alpha value is -3.47. The molecule has 0 unspecified atom stereocenters. The minimum Gasteiger partial charge on any atom is -0.366 e. The molecule has 0 spiro atoms. The standard InChI is InChI=1S/C19H15F3N4O3S/c1-12-9-10-23-18(24-12)26-30(28,29)16-7-5-15(6-8-16)25-17(27)13-3-2-4-14(11-13)19(20,21)22/h2-11H,1H3,(H2,23,24,25,26,27)/p-1. The summed E-state index contributed by atoms with van der Waals surface area (Å²) in [7, 11) is -4.09. The third-order valence-corrected chi connectivity index (χ3v) is 5.12. The molecule has 2 aromatic carbocycles. The number of rotatable bonds is 5. The van der Waals surface area contributed by atoms with Crippen molar-refractivity contribution >= 4 is 27.6 Å². The Morgan fingerprint density at radius 1 is 1.07 bits per heavy atom. The van der Waals surface area contributed by atoms with Gasteiger partial charge in [0.2, 0.25) is 10.0 Å². The van der Waals surface area contributed by atoms with E-state index in [1.807, 2.05) is 0 Å². The molecule has 7 nitrogen and oxygen atoms in total. The lowest BCUT2D eigenvalue weighted by Crippen LogP contribution is -2.14. The molecule has 3 aromatic rings. The van der Waals surface area contributed by atoms with E-state index in [-0.39, 0.29) is 22.1 Å². The van der Waals surface area contributed by atoms with Gasteiger partial charge in [-0.1, -0.05) is 12.1 Å². The van der Waals surface area contributed by atoms with Crippen LogP contribution in [0.4, 0.5) is 24.8 Å². The fourth-order valence-electron chi connectivity index (χ4n) is 2.39. The smallest absolute Gasteiger partial charge is 0.366 e. The Labute approximate surface area is 170 Å². The van der Waals surface area contributed by atoms with E-state index in [0.717, 1.165) is 18.2 Å². The van der Waals surface area contributed by atoms with Crippen molar-refractivity contribution in [3.8, 4) is 0 Å². The number of aryl methyl sites for hydroxylation is 1. The van der Waals surface area contributed by atoms with E-state index in [0.29, 0.717) is 5.69 Å². The van der Waals surface area contributed by atoms with Gasteiger partial charge in [-0.25, -0.2) is 8.42 Å². The molecule has 0 bridgehead atoms. The molecule has 0 saturated heterocycles. The van der Waals surface area contributed by atoms with Gasteiger partial charge >= 0.3 is 6.18 Å². The second-order valence-electron chi connectivity index (χ2n) is 6.12. The minimum atomic E-state index is -4.57. The molecule has 3 rings (SSSR count). The number of nitrogens with one attached hydrogen (secondary N) is 1. The van der Waals surface area contributed by atoms with Crippen LogP contribution in [-0.4, -0.2) is 24.3 Å². The maximum Gasteiger partial charge on any atom is 0.416 e. The monoisotopic (exact) mass is 435 g/mol. The lowest BCUT2D eigenvalue weighted by molar-refractivity contribution is -0.137. The SMILES string of the molecule is Cc1ccnc([N-]S(=O)(=O)c2ccc(NC(=O)c3cccc(C(F)(F)F)c3)cc2)n1. The van der Waals surface area contributed by atoms with Crippen molar-refractivity contribution in [1.29, 1.82) is 0 Å². The number of amides is 1. The summed E-state index contributed by atoms with van der Waals surface area (Å²) in [4.78, 5) is 19.7. The first kappa shape index (κ1) is 21.2. The quantitative estimate of drug-likeness (QED) is 0.638. The van der Waals surface area contributed by atoms with Gasteiger partial charge in [0, 0.05) is 17.2 Å². The highest BCUT2D eigenvalue weighted by atomic mass is 32.2. The number of carbonyl (C=O) groups excluding carboxylic acids is 1. The van der Waals surface area contributed by atoms with Crippen LogP contribution >= 0.6 is 0 Å². The van der Waals surface area contributed by atoms with Gasteiger partial charge in [0.05, 0.1) is 10.5 Å². The van der Waals surface area contributed by atoms with Crippen LogP contribution < -0.4 is 5.32 Å². The molecule has 1 heterocycles. The van der Waals surface area contributed by atoms with Crippen molar-refractivity contribution in [2.45, 2.75) is 18.0 Å². The number of halogens is 3. The summed E-state index contributed by atoms with van der Waals surface area (Å²) in [6.45, 7) is 1.66. The van der Waals surface area contributed by atoms with Crippen LogP contribution in [0.25, 0.3) is 4.72 Å². The third kappa shape index (κ3) is 5.11. The number of hydrogen-bond acceptors (Lipinski definition) is 5. The van der Waals surface area contributed by atoms with E-state index in [4.69, 9.17) is 0 Å². The largest absolute Gasteiger partial charge is 0.416 e. The van der Waals surface area contributed by atoms with Gasteiger partial charge in [-0.15, -0.1) is 0 Å². The van der Waals surface area contributed by atoms with Crippen molar-refractivity contribution in [3.63, 3.8) is 0 Å². The Morgan fingerprint density at radius 3 is 2.40 bits per heavy atom. The highest BCUT2D eigenvalue weighted by molar-refractivity contribution is 7.94. The lowest BCUT2D eigenvalue weighted by atomic mass is 10.1. The first-order chi connectivity index (χ1) is 14.0. The van der Waals surface area contributed by atoms with Crippen LogP contribution in [0.15, 0.2) is 65.7 Å². The van der Waals surface area contributed by atoms with Crippen LogP contribution in [0, 0.1) is 6.92 Å². The van der Waals surface area contributed by atoms with Gasteiger partial charge in [-0.2, -0.15) is 13.2 Å². The van der Waals surface area contributed by atoms with E-state index in [2.05, 4.69) is 20.0 Å². The predicted molar refractivity (Wildman–Crippen MR) is 103 cm³/mol. The number of benzene rings is 2. The molecular formula is C19H14F3N4O3S-. The Kier molecular flexibility index (Phi) is 5.74. The van der Waals surface area contributed by atoms with Crippen LogP contribution in [0.2, 0.25) is 0 Å². The zero-order chi connectivity index (χ0) is 21.9. The molecule has 0 aliphatic rings. The average molecular weight is 435 g/mol. The van der Waals surface area contributed by atoms with Crippen LogP contribution in [0.3, 0.4) is 0 Å². The molecule has 30 heavy (non-hydrogen) atoms. The summed E-state index contributed by atoms with van der Waals surface area (Å²) in [5.41, 5.74) is -0.389. The minimum absolute atomic E-state index is 0.162. The second kappa shape index (κ2) is 8.11. The molecular weight excluding hydrogens is 421 g/mol. The summed E-state index contributed by atoms with van der Waals surface area (Å²) in [5, 5.41) is 2.42. The number of nitrogens with zero attached hydrogens (tertiary/aromatic N) is 3. The first-order valence-electron chi connectivity index (χ1n) is 8.41. The van der Waals surface area contributed by atoms with Crippen molar-refractivity contribution < 1.29 is 26.4 Å². The van der Waals surface area contributed by atoms with Crippen LogP contribution in [0.5, 0.6) is 0 Å². The molecule has 0 saturated carbocycles. The van der Waals surface area contributed by atoms with Gasteiger partial charge in [-0.05, 0) is 61.3 Å². The van der Waals surface area contributed by atoms with E-state index in [9.17, 15) is 26.4 Å². The highest BCUT2D eigenvalue weighted by Crippen LogP contribution is 2.30. The van der Waals surface area contributed by atoms with Crippen molar-refractivity contribution in [3.05, 3.63) is 82.3 Å². The third-order valence-electron chi connectivity index (χ3n) is 3.85.